The summed E-state index contributed by atoms with van der Waals surface area (Å²) in [6.45, 7) is 2.07. The highest BCUT2D eigenvalue weighted by Crippen LogP contribution is 2.31. The van der Waals surface area contributed by atoms with Crippen LogP contribution in [0.1, 0.15) is 12.6 Å². The number of thioether (sulfide) groups is 1. The molecule has 0 saturated heterocycles. The molecule has 0 radical (unpaired) electrons. The lowest BCUT2D eigenvalue weighted by Gasteiger charge is -2.09. The predicted molar refractivity (Wildman–Crippen MR) is 122 cm³/mol. The van der Waals surface area contributed by atoms with Crippen LogP contribution in [0.2, 0.25) is 0 Å². The van der Waals surface area contributed by atoms with E-state index in [0.29, 0.717) is 39.7 Å². The van der Waals surface area contributed by atoms with Crippen molar-refractivity contribution in [3.05, 3.63) is 41.4 Å². The average Bonchev–Trinajstić information content (AvgIpc) is 3.24. The van der Waals surface area contributed by atoms with E-state index in [1.165, 1.54) is 23.1 Å². The Morgan fingerprint density at radius 1 is 1.09 bits per heavy atom. The SMILES string of the molecule is CCOC(=O)Cc1csc(NC(=O)CSc2ccc(-c3ccc(OC)c(OC)c3)nn2)n1. The molecule has 0 saturated carbocycles. The van der Waals surface area contributed by atoms with Crippen molar-refractivity contribution >= 4 is 40.1 Å². The molecule has 1 N–H and O–H groups in total. The molecule has 0 bridgehead atoms. The average molecular weight is 475 g/mol. The van der Waals surface area contributed by atoms with Crippen LogP contribution in [-0.2, 0) is 20.7 Å². The van der Waals surface area contributed by atoms with E-state index in [2.05, 4.69) is 20.5 Å². The fraction of sp³-hybridized carbons (Fsp3) is 0.286. The molecule has 0 unspecified atom stereocenters. The van der Waals surface area contributed by atoms with Gasteiger partial charge in [-0.1, -0.05) is 11.8 Å². The Labute approximate surface area is 193 Å². The van der Waals surface area contributed by atoms with Gasteiger partial charge in [-0.25, -0.2) is 4.98 Å². The number of esters is 1. The van der Waals surface area contributed by atoms with E-state index >= 15 is 0 Å². The molecule has 2 aromatic heterocycles. The predicted octanol–water partition coefficient (Wildman–Crippen LogP) is 3.45. The van der Waals surface area contributed by atoms with Crippen LogP contribution in [-0.4, -0.2) is 53.6 Å². The summed E-state index contributed by atoms with van der Waals surface area (Å²) < 4.78 is 15.5. The van der Waals surface area contributed by atoms with Crippen molar-refractivity contribution in [1.29, 1.82) is 0 Å². The van der Waals surface area contributed by atoms with Gasteiger partial charge in [-0.3, -0.25) is 9.59 Å². The maximum Gasteiger partial charge on any atom is 0.311 e. The minimum atomic E-state index is -0.346. The molecule has 3 rings (SSSR count). The lowest BCUT2D eigenvalue weighted by molar-refractivity contribution is -0.142. The summed E-state index contributed by atoms with van der Waals surface area (Å²) in [5.41, 5.74) is 2.08. The number of ether oxygens (including phenoxy) is 3. The van der Waals surface area contributed by atoms with Crippen molar-refractivity contribution in [2.75, 3.05) is 31.9 Å². The maximum atomic E-state index is 12.2. The zero-order valence-corrected chi connectivity index (χ0v) is 19.4. The summed E-state index contributed by atoms with van der Waals surface area (Å²) >= 11 is 2.52. The smallest absolute Gasteiger partial charge is 0.311 e. The van der Waals surface area contributed by atoms with Crippen LogP contribution in [0.5, 0.6) is 11.5 Å². The topological polar surface area (TPSA) is 113 Å². The minimum Gasteiger partial charge on any atom is -0.493 e. The molecule has 9 nitrogen and oxygen atoms in total. The summed E-state index contributed by atoms with van der Waals surface area (Å²) in [7, 11) is 3.15. The highest BCUT2D eigenvalue weighted by Gasteiger charge is 2.12. The molecule has 32 heavy (non-hydrogen) atoms. The molecule has 0 aliphatic rings. The molecule has 0 aliphatic heterocycles. The van der Waals surface area contributed by atoms with Gasteiger partial charge < -0.3 is 19.5 Å². The van der Waals surface area contributed by atoms with Crippen LogP contribution in [0.4, 0.5) is 5.13 Å². The van der Waals surface area contributed by atoms with E-state index in [0.717, 1.165) is 5.56 Å². The molecule has 0 aliphatic carbocycles. The lowest BCUT2D eigenvalue weighted by atomic mass is 10.1. The normalized spacial score (nSPS) is 10.5. The third-order valence-electron chi connectivity index (χ3n) is 4.10. The van der Waals surface area contributed by atoms with Crippen LogP contribution < -0.4 is 14.8 Å². The highest BCUT2D eigenvalue weighted by atomic mass is 32.2. The number of hydrogen-bond donors (Lipinski definition) is 1. The Kier molecular flexibility index (Phi) is 8.40. The molecule has 0 atom stereocenters. The van der Waals surface area contributed by atoms with Crippen LogP contribution in [0.25, 0.3) is 11.3 Å². The number of anilines is 1. The number of benzene rings is 1. The van der Waals surface area contributed by atoms with Crippen molar-refractivity contribution in [3.8, 4) is 22.8 Å². The van der Waals surface area contributed by atoms with Crippen LogP contribution >= 0.6 is 23.1 Å². The molecule has 11 heteroatoms. The number of carbonyl (C=O) groups is 2. The summed E-state index contributed by atoms with van der Waals surface area (Å²) in [4.78, 5) is 27.9. The maximum absolute atomic E-state index is 12.2. The number of methoxy groups -OCH3 is 2. The van der Waals surface area contributed by atoms with E-state index in [1.807, 2.05) is 18.2 Å². The first kappa shape index (κ1) is 23.5. The Hall–Kier alpha value is -3.18. The second kappa shape index (κ2) is 11.4. The first-order valence-corrected chi connectivity index (χ1v) is 11.5. The number of hydrogen-bond acceptors (Lipinski definition) is 10. The quantitative estimate of drug-likeness (QED) is 0.349. The highest BCUT2D eigenvalue weighted by molar-refractivity contribution is 7.99. The van der Waals surface area contributed by atoms with Gasteiger partial charge in [0.1, 0.15) is 5.03 Å². The zero-order valence-electron chi connectivity index (χ0n) is 17.8. The van der Waals surface area contributed by atoms with Gasteiger partial charge in [0.2, 0.25) is 5.91 Å². The van der Waals surface area contributed by atoms with Gasteiger partial charge in [-0.05, 0) is 37.3 Å². The van der Waals surface area contributed by atoms with Crippen molar-refractivity contribution in [1.82, 2.24) is 15.2 Å². The van der Waals surface area contributed by atoms with Gasteiger partial charge in [0.05, 0.1) is 44.4 Å². The molecule has 3 aromatic rings. The number of aromatic nitrogens is 3. The Morgan fingerprint density at radius 3 is 2.59 bits per heavy atom. The summed E-state index contributed by atoms with van der Waals surface area (Å²) in [6, 6.07) is 9.14. The molecule has 1 amide bonds. The number of rotatable bonds is 10. The van der Waals surface area contributed by atoms with Gasteiger partial charge in [0.15, 0.2) is 16.6 Å². The number of amides is 1. The van der Waals surface area contributed by atoms with Crippen LogP contribution in [0.3, 0.4) is 0 Å². The molecule has 0 fully saturated rings. The Bertz CT molecular complexity index is 1070. The first-order valence-electron chi connectivity index (χ1n) is 9.61. The minimum absolute atomic E-state index is 0.0803. The number of nitrogens with one attached hydrogen (secondary N) is 1. The van der Waals surface area contributed by atoms with E-state index in [1.54, 1.807) is 38.7 Å². The molecule has 1 aromatic carbocycles. The van der Waals surface area contributed by atoms with E-state index < -0.39 is 0 Å². The molecular formula is C21H22N4O5S2. The van der Waals surface area contributed by atoms with Gasteiger partial charge in [-0.2, -0.15) is 0 Å². The van der Waals surface area contributed by atoms with Crippen molar-refractivity contribution < 1.29 is 23.8 Å². The summed E-state index contributed by atoms with van der Waals surface area (Å²) in [6.07, 6.45) is 0.0803. The molecule has 0 spiro atoms. The van der Waals surface area contributed by atoms with Crippen LogP contribution in [0, 0.1) is 0 Å². The van der Waals surface area contributed by atoms with Crippen molar-refractivity contribution in [2.45, 2.75) is 18.4 Å². The fourth-order valence-electron chi connectivity index (χ4n) is 2.65. The Balaban J connectivity index is 1.52. The third kappa shape index (κ3) is 6.41. The fourth-order valence-corrected chi connectivity index (χ4v) is 3.99. The first-order chi connectivity index (χ1) is 15.5. The number of carbonyl (C=O) groups excluding carboxylic acids is 2. The summed E-state index contributed by atoms with van der Waals surface area (Å²) in [5, 5.41) is 13.9. The molecule has 168 valence electrons. The molecule has 2 heterocycles. The standard InChI is InChI=1S/C21H22N4O5S2/c1-4-30-20(27)10-14-11-32-21(22-14)23-18(26)12-31-19-8-6-15(24-25-19)13-5-7-16(28-2)17(9-13)29-3/h5-9,11H,4,10,12H2,1-3H3,(H,22,23,26). The van der Waals surface area contributed by atoms with Crippen molar-refractivity contribution in [2.24, 2.45) is 0 Å². The summed E-state index contributed by atoms with van der Waals surface area (Å²) in [5.74, 6) is 0.821. The second-order valence-corrected chi connectivity index (χ2v) is 8.14. The van der Waals surface area contributed by atoms with Gasteiger partial charge in [0, 0.05) is 10.9 Å². The van der Waals surface area contributed by atoms with E-state index in [-0.39, 0.29) is 24.1 Å². The van der Waals surface area contributed by atoms with Gasteiger partial charge in [0.25, 0.3) is 0 Å². The monoisotopic (exact) mass is 474 g/mol. The van der Waals surface area contributed by atoms with E-state index in [4.69, 9.17) is 14.2 Å². The largest absolute Gasteiger partial charge is 0.493 e. The third-order valence-corrected chi connectivity index (χ3v) is 5.83. The van der Waals surface area contributed by atoms with Gasteiger partial charge >= 0.3 is 5.97 Å². The second-order valence-electron chi connectivity index (χ2n) is 6.29. The molecular weight excluding hydrogens is 452 g/mol. The Morgan fingerprint density at radius 2 is 1.91 bits per heavy atom. The van der Waals surface area contributed by atoms with Crippen molar-refractivity contribution in [3.63, 3.8) is 0 Å². The lowest BCUT2D eigenvalue weighted by Crippen LogP contribution is -2.14. The van der Waals surface area contributed by atoms with E-state index in [9.17, 15) is 9.59 Å². The van der Waals surface area contributed by atoms with Gasteiger partial charge in [-0.15, -0.1) is 21.5 Å². The number of nitrogens with zero attached hydrogens (tertiary/aromatic N) is 3. The van der Waals surface area contributed by atoms with Crippen LogP contribution in [0.15, 0.2) is 40.7 Å². The zero-order chi connectivity index (χ0) is 22.9. The number of thiazole rings is 1.